The molecule has 1 aromatic carbocycles. The van der Waals surface area contributed by atoms with Crippen molar-refractivity contribution < 1.29 is 9.59 Å². The second-order valence-corrected chi connectivity index (χ2v) is 8.90. The number of hydrogen-bond donors (Lipinski definition) is 2. The molecule has 0 radical (unpaired) electrons. The van der Waals surface area contributed by atoms with Gasteiger partial charge >= 0.3 is 0 Å². The van der Waals surface area contributed by atoms with Gasteiger partial charge in [-0.05, 0) is 24.6 Å². The van der Waals surface area contributed by atoms with E-state index >= 15 is 0 Å². The van der Waals surface area contributed by atoms with E-state index in [9.17, 15) is 9.59 Å². The summed E-state index contributed by atoms with van der Waals surface area (Å²) in [7, 11) is 0. The summed E-state index contributed by atoms with van der Waals surface area (Å²) in [6.45, 7) is 13.6. The molecule has 0 aliphatic carbocycles. The van der Waals surface area contributed by atoms with E-state index in [1.165, 1.54) is 0 Å². The van der Waals surface area contributed by atoms with Crippen molar-refractivity contribution in [2.24, 2.45) is 5.41 Å². The van der Waals surface area contributed by atoms with Gasteiger partial charge in [-0.25, -0.2) is 4.68 Å². The van der Waals surface area contributed by atoms with E-state index in [1.807, 2.05) is 58.0 Å². The lowest BCUT2D eigenvalue weighted by Crippen LogP contribution is -2.39. The van der Waals surface area contributed by atoms with Crippen molar-refractivity contribution in [3.63, 3.8) is 0 Å². The van der Waals surface area contributed by atoms with Crippen LogP contribution in [0.2, 0.25) is 0 Å². The van der Waals surface area contributed by atoms with Crippen molar-refractivity contribution in [3.05, 3.63) is 41.6 Å². The van der Waals surface area contributed by atoms with Crippen LogP contribution >= 0.6 is 0 Å². The first kappa shape index (κ1) is 20.7. The average molecular weight is 370 g/mol. The molecule has 2 rings (SSSR count). The number of anilines is 1. The molecule has 2 N–H and O–H groups in total. The highest BCUT2D eigenvalue weighted by molar-refractivity contribution is 5.94. The van der Waals surface area contributed by atoms with Crippen molar-refractivity contribution in [1.82, 2.24) is 15.1 Å². The zero-order valence-electron chi connectivity index (χ0n) is 17.3. The molecule has 2 aromatic rings. The van der Waals surface area contributed by atoms with E-state index in [2.05, 4.69) is 31.4 Å². The number of benzene rings is 1. The number of amides is 2. The van der Waals surface area contributed by atoms with Crippen LogP contribution in [0.3, 0.4) is 0 Å². The third-order valence-electron chi connectivity index (χ3n) is 4.08. The van der Waals surface area contributed by atoms with Gasteiger partial charge in [0.2, 0.25) is 11.8 Å². The van der Waals surface area contributed by atoms with Crippen molar-refractivity contribution in [2.75, 3.05) is 11.9 Å². The first-order chi connectivity index (χ1) is 12.4. The zero-order valence-corrected chi connectivity index (χ0v) is 17.3. The van der Waals surface area contributed by atoms with Crippen LogP contribution < -0.4 is 10.6 Å². The maximum atomic E-state index is 12.4. The highest BCUT2D eigenvalue weighted by atomic mass is 16.2. The van der Waals surface area contributed by atoms with Crippen LogP contribution in [0.25, 0.3) is 5.69 Å². The number of aryl methyl sites for hydroxylation is 1. The third-order valence-corrected chi connectivity index (χ3v) is 4.08. The van der Waals surface area contributed by atoms with Crippen LogP contribution in [0.1, 0.15) is 52.8 Å². The fraction of sp³-hybridized carbons (Fsp3) is 0.476. The van der Waals surface area contributed by atoms with Crippen LogP contribution in [0.5, 0.6) is 0 Å². The van der Waals surface area contributed by atoms with E-state index in [4.69, 9.17) is 5.10 Å². The number of nitrogens with one attached hydrogen (secondary N) is 2. The maximum absolute atomic E-state index is 12.4. The lowest BCUT2D eigenvalue weighted by Gasteiger charge is -2.17. The summed E-state index contributed by atoms with van der Waals surface area (Å²) in [5.74, 6) is 0.127. The van der Waals surface area contributed by atoms with Gasteiger partial charge in [0.25, 0.3) is 0 Å². The summed E-state index contributed by atoms with van der Waals surface area (Å²) in [6.07, 6.45) is 0. The first-order valence-corrected chi connectivity index (χ1v) is 9.13. The quantitative estimate of drug-likeness (QED) is 0.864. The number of carbonyl (C=O) groups excluding carboxylic acids is 2. The van der Waals surface area contributed by atoms with Crippen molar-refractivity contribution in [1.29, 1.82) is 0 Å². The van der Waals surface area contributed by atoms with Crippen LogP contribution in [0.15, 0.2) is 30.3 Å². The molecule has 0 atom stereocenters. The normalized spacial score (nSPS) is 12.0. The summed E-state index contributed by atoms with van der Waals surface area (Å²) in [6, 6.07) is 9.81. The molecular formula is C21H30N4O2. The lowest BCUT2D eigenvalue weighted by atomic mass is 9.92. The second-order valence-electron chi connectivity index (χ2n) is 8.90. The highest BCUT2D eigenvalue weighted by Gasteiger charge is 2.23. The summed E-state index contributed by atoms with van der Waals surface area (Å²) in [5, 5.41) is 10.2. The molecule has 0 aliphatic heterocycles. The van der Waals surface area contributed by atoms with Gasteiger partial charge in [-0.3, -0.25) is 9.59 Å². The Morgan fingerprint density at radius 3 is 2.30 bits per heavy atom. The zero-order chi connectivity index (χ0) is 20.4. The van der Waals surface area contributed by atoms with Gasteiger partial charge in [-0.1, -0.05) is 53.7 Å². The van der Waals surface area contributed by atoms with Gasteiger partial charge in [0, 0.05) is 16.9 Å². The Labute approximate surface area is 161 Å². The van der Waals surface area contributed by atoms with Gasteiger partial charge in [0.05, 0.1) is 17.9 Å². The number of aromatic nitrogens is 2. The predicted molar refractivity (Wildman–Crippen MR) is 108 cm³/mol. The van der Waals surface area contributed by atoms with Gasteiger partial charge in [-0.15, -0.1) is 0 Å². The van der Waals surface area contributed by atoms with Gasteiger partial charge in [0.15, 0.2) is 0 Å². The molecule has 0 bridgehead atoms. The van der Waals surface area contributed by atoms with E-state index < -0.39 is 5.41 Å². The molecule has 0 saturated heterocycles. The van der Waals surface area contributed by atoms with Crippen LogP contribution in [-0.4, -0.2) is 28.1 Å². The van der Waals surface area contributed by atoms with Crippen molar-refractivity contribution >= 4 is 17.6 Å². The minimum atomic E-state index is -0.539. The van der Waals surface area contributed by atoms with E-state index in [0.29, 0.717) is 5.82 Å². The Morgan fingerprint density at radius 2 is 1.74 bits per heavy atom. The van der Waals surface area contributed by atoms with Crippen molar-refractivity contribution in [2.45, 2.75) is 53.9 Å². The predicted octanol–water partition coefficient (Wildman–Crippen LogP) is 3.58. The summed E-state index contributed by atoms with van der Waals surface area (Å²) < 4.78 is 1.73. The van der Waals surface area contributed by atoms with E-state index in [1.54, 1.807) is 4.68 Å². The maximum Gasteiger partial charge on any atom is 0.244 e. The molecule has 2 amide bonds. The topological polar surface area (TPSA) is 76.0 Å². The Bertz CT molecular complexity index is 839. The Kier molecular flexibility index (Phi) is 5.78. The Hall–Kier alpha value is -2.63. The fourth-order valence-corrected chi connectivity index (χ4v) is 2.41. The molecule has 1 aromatic heterocycles. The largest absolute Gasteiger partial charge is 0.347 e. The van der Waals surface area contributed by atoms with Gasteiger partial charge in [0.1, 0.15) is 5.82 Å². The molecule has 1 heterocycles. The van der Waals surface area contributed by atoms with Gasteiger partial charge in [-0.2, -0.15) is 5.10 Å². The molecule has 6 heteroatoms. The average Bonchev–Trinajstić information content (AvgIpc) is 2.95. The molecule has 0 spiro atoms. The van der Waals surface area contributed by atoms with Crippen molar-refractivity contribution in [3.8, 4) is 5.69 Å². The van der Waals surface area contributed by atoms with Crippen LogP contribution in [-0.2, 0) is 15.0 Å². The third kappa shape index (κ3) is 5.42. The highest BCUT2D eigenvalue weighted by Crippen LogP contribution is 2.26. The summed E-state index contributed by atoms with van der Waals surface area (Å²) in [5.41, 5.74) is 2.16. The second kappa shape index (κ2) is 7.55. The molecule has 0 unspecified atom stereocenters. The molecule has 0 saturated carbocycles. The molecule has 0 aliphatic rings. The Balaban J connectivity index is 2.26. The van der Waals surface area contributed by atoms with Crippen LogP contribution in [0.4, 0.5) is 5.82 Å². The number of nitrogens with zero attached hydrogens (tertiary/aromatic N) is 2. The standard InChI is InChI=1S/C21H30N4O2/c1-14-9-8-10-15(11-14)25-17(12-16(24-25)20(2,3)4)23-18(26)13-22-19(27)21(5,6)7/h8-12H,13H2,1-7H3,(H,22,27)(H,23,26). The minimum Gasteiger partial charge on any atom is -0.347 e. The Morgan fingerprint density at radius 1 is 1.07 bits per heavy atom. The van der Waals surface area contributed by atoms with E-state index in [-0.39, 0.29) is 23.8 Å². The van der Waals surface area contributed by atoms with Crippen LogP contribution in [0, 0.1) is 12.3 Å². The number of hydrogen-bond acceptors (Lipinski definition) is 3. The monoisotopic (exact) mass is 370 g/mol. The molecule has 27 heavy (non-hydrogen) atoms. The first-order valence-electron chi connectivity index (χ1n) is 9.13. The van der Waals surface area contributed by atoms with Gasteiger partial charge < -0.3 is 10.6 Å². The summed E-state index contributed by atoms with van der Waals surface area (Å²) >= 11 is 0. The van der Waals surface area contributed by atoms with E-state index in [0.717, 1.165) is 16.9 Å². The minimum absolute atomic E-state index is 0.0834. The fourth-order valence-electron chi connectivity index (χ4n) is 2.41. The smallest absolute Gasteiger partial charge is 0.244 e. The summed E-state index contributed by atoms with van der Waals surface area (Å²) in [4.78, 5) is 24.4. The molecular weight excluding hydrogens is 340 g/mol. The lowest BCUT2D eigenvalue weighted by molar-refractivity contribution is -0.130. The SMILES string of the molecule is Cc1cccc(-n2nc(C(C)(C)C)cc2NC(=O)CNC(=O)C(C)(C)C)c1. The molecule has 146 valence electrons. The molecule has 0 fully saturated rings. The molecule has 6 nitrogen and oxygen atoms in total. The number of carbonyl (C=O) groups is 2. The number of rotatable bonds is 4.